The quantitative estimate of drug-likeness (QED) is 0.577. The topological polar surface area (TPSA) is 97.6 Å². The lowest BCUT2D eigenvalue weighted by Crippen LogP contribution is -2.34. The summed E-state index contributed by atoms with van der Waals surface area (Å²) in [4.78, 5) is 28.4. The summed E-state index contributed by atoms with van der Waals surface area (Å²) in [5.41, 5.74) is -0.263. The standard InChI is InChI=1S/C13H20N4O4/c1-4-14-12-8-10(11(9-15-12)17(19)20)13(18)16(5-2)6-7-21-3/h8-9H,4-7H2,1-3H3,(H,14,15). The Balaban J connectivity index is 3.13. The van der Waals surface area contributed by atoms with Crippen molar-refractivity contribution in [3.05, 3.63) is 27.9 Å². The van der Waals surface area contributed by atoms with Gasteiger partial charge in [0.1, 0.15) is 17.6 Å². The van der Waals surface area contributed by atoms with Crippen LogP contribution in [-0.4, -0.2) is 54.1 Å². The van der Waals surface area contributed by atoms with Gasteiger partial charge >= 0.3 is 0 Å². The number of rotatable bonds is 8. The number of methoxy groups -OCH3 is 1. The Morgan fingerprint density at radius 1 is 1.52 bits per heavy atom. The summed E-state index contributed by atoms with van der Waals surface area (Å²) < 4.78 is 4.95. The summed E-state index contributed by atoms with van der Waals surface area (Å²) in [6.07, 6.45) is 1.11. The first kappa shape index (κ1) is 16.8. The number of anilines is 1. The molecule has 0 aliphatic carbocycles. The number of hydrogen-bond acceptors (Lipinski definition) is 6. The minimum Gasteiger partial charge on any atom is -0.383 e. The second kappa shape index (κ2) is 8.15. The van der Waals surface area contributed by atoms with Gasteiger partial charge in [-0.3, -0.25) is 14.9 Å². The van der Waals surface area contributed by atoms with Crippen molar-refractivity contribution in [1.29, 1.82) is 0 Å². The van der Waals surface area contributed by atoms with E-state index in [1.165, 1.54) is 18.1 Å². The monoisotopic (exact) mass is 296 g/mol. The first-order valence-electron chi connectivity index (χ1n) is 6.71. The molecule has 1 heterocycles. The molecule has 0 fully saturated rings. The van der Waals surface area contributed by atoms with E-state index in [2.05, 4.69) is 10.3 Å². The molecular formula is C13H20N4O4. The molecular weight excluding hydrogens is 276 g/mol. The molecule has 21 heavy (non-hydrogen) atoms. The van der Waals surface area contributed by atoms with E-state index >= 15 is 0 Å². The number of pyridine rings is 1. The number of carbonyl (C=O) groups is 1. The summed E-state index contributed by atoms with van der Waals surface area (Å²) in [5, 5.41) is 14.0. The van der Waals surface area contributed by atoms with Crippen LogP contribution in [0.25, 0.3) is 0 Å². The lowest BCUT2D eigenvalue weighted by Gasteiger charge is -2.20. The largest absolute Gasteiger partial charge is 0.383 e. The molecule has 0 spiro atoms. The maximum Gasteiger partial charge on any atom is 0.300 e. The fraction of sp³-hybridized carbons (Fsp3) is 0.538. The van der Waals surface area contributed by atoms with Gasteiger partial charge in [0.2, 0.25) is 0 Å². The van der Waals surface area contributed by atoms with E-state index in [1.807, 2.05) is 13.8 Å². The highest BCUT2D eigenvalue weighted by Gasteiger charge is 2.25. The molecule has 0 saturated heterocycles. The maximum absolute atomic E-state index is 12.5. The zero-order valence-electron chi connectivity index (χ0n) is 12.5. The number of ether oxygens (including phenoxy) is 1. The molecule has 1 amide bonds. The van der Waals surface area contributed by atoms with Crippen LogP contribution in [-0.2, 0) is 4.74 Å². The van der Waals surface area contributed by atoms with Crippen molar-refractivity contribution >= 4 is 17.4 Å². The molecule has 1 rings (SSSR count). The summed E-state index contributed by atoms with van der Waals surface area (Å²) in [6.45, 7) is 5.49. The van der Waals surface area contributed by atoms with Gasteiger partial charge in [0, 0.05) is 32.8 Å². The second-order valence-electron chi connectivity index (χ2n) is 4.25. The Morgan fingerprint density at radius 2 is 2.24 bits per heavy atom. The van der Waals surface area contributed by atoms with Gasteiger partial charge in [-0.25, -0.2) is 4.98 Å². The number of aromatic nitrogens is 1. The minimum absolute atomic E-state index is 0.0314. The highest BCUT2D eigenvalue weighted by Crippen LogP contribution is 2.22. The molecule has 1 N–H and O–H groups in total. The molecule has 1 aromatic rings. The number of nitro groups is 1. The molecule has 1 aromatic heterocycles. The van der Waals surface area contributed by atoms with Crippen molar-refractivity contribution < 1.29 is 14.5 Å². The lowest BCUT2D eigenvalue weighted by atomic mass is 10.2. The summed E-state index contributed by atoms with van der Waals surface area (Å²) in [5.74, 6) is 0.0389. The van der Waals surface area contributed by atoms with Crippen LogP contribution in [0.3, 0.4) is 0 Å². The fourth-order valence-corrected chi connectivity index (χ4v) is 1.82. The van der Waals surface area contributed by atoms with E-state index in [0.29, 0.717) is 32.1 Å². The van der Waals surface area contributed by atoms with Crippen molar-refractivity contribution in [2.45, 2.75) is 13.8 Å². The van der Waals surface area contributed by atoms with Crippen LogP contribution >= 0.6 is 0 Å². The number of likely N-dealkylation sites (N-methyl/N-ethyl adjacent to an activating group) is 1. The van der Waals surface area contributed by atoms with E-state index < -0.39 is 10.8 Å². The third-order valence-corrected chi connectivity index (χ3v) is 2.90. The van der Waals surface area contributed by atoms with E-state index in [9.17, 15) is 14.9 Å². The zero-order chi connectivity index (χ0) is 15.8. The van der Waals surface area contributed by atoms with Crippen LogP contribution in [0.4, 0.5) is 11.5 Å². The Hall–Kier alpha value is -2.22. The number of nitrogens with one attached hydrogen (secondary N) is 1. The van der Waals surface area contributed by atoms with Gasteiger partial charge in [0.05, 0.1) is 11.5 Å². The zero-order valence-corrected chi connectivity index (χ0v) is 12.5. The first-order valence-corrected chi connectivity index (χ1v) is 6.71. The van der Waals surface area contributed by atoms with Gasteiger partial charge in [0.25, 0.3) is 11.6 Å². The predicted molar refractivity (Wildman–Crippen MR) is 78.5 cm³/mol. The summed E-state index contributed by atoms with van der Waals surface area (Å²) in [6, 6.07) is 1.42. The van der Waals surface area contributed by atoms with Crippen molar-refractivity contribution in [1.82, 2.24) is 9.88 Å². The normalized spacial score (nSPS) is 10.2. The molecule has 0 atom stereocenters. The third kappa shape index (κ3) is 4.38. The highest BCUT2D eigenvalue weighted by atomic mass is 16.6. The highest BCUT2D eigenvalue weighted by molar-refractivity contribution is 5.98. The molecule has 0 bridgehead atoms. The summed E-state index contributed by atoms with van der Waals surface area (Å²) >= 11 is 0. The van der Waals surface area contributed by atoms with Crippen LogP contribution in [0.15, 0.2) is 12.3 Å². The Bertz CT molecular complexity index is 507. The molecule has 8 nitrogen and oxygen atoms in total. The van der Waals surface area contributed by atoms with Crippen molar-refractivity contribution in [2.75, 3.05) is 38.7 Å². The van der Waals surface area contributed by atoms with Gasteiger partial charge in [-0.05, 0) is 13.8 Å². The fourth-order valence-electron chi connectivity index (χ4n) is 1.82. The van der Waals surface area contributed by atoms with Gasteiger partial charge < -0.3 is 15.0 Å². The van der Waals surface area contributed by atoms with Crippen LogP contribution < -0.4 is 5.32 Å². The average molecular weight is 296 g/mol. The number of nitrogens with zero attached hydrogens (tertiary/aromatic N) is 3. The van der Waals surface area contributed by atoms with Crippen molar-refractivity contribution in [3.63, 3.8) is 0 Å². The molecule has 0 saturated carbocycles. The van der Waals surface area contributed by atoms with Gasteiger partial charge in [-0.15, -0.1) is 0 Å². The summed E-state index contributed by atoms with van der Waals surface area (Å²) in [7, 11) is 1.54. The van der Waals surface area contributed by atoms with Crippen LogP contribution in [0.2, 0.25) is 0 Å². The molecule has 8 heteroatoms. The Morgan fingerprint density at radius 3 is 2.76 bits per heavy atom. The van der Waals surface area contributed by atoms with E-state index in [4.69, 9.17) is 4.74 Å². The maximum atomic E-state index is 12.5. The average Bonchev–Trinajstić information content (AvgIpc) is 2.47. The third-order valence-electron chi connectivity index (χ3n) is 2.90. The molecule has 0 radical (unpaired) electrons. The molecule has 116 valence electrons. The van der Waals surface area contributed by atoms with Crippen LogP contribution in [0.5, 0.6) is 0 Å². The first-order chi connectivity index (χ1) is 10.0. The minimum atomic E-state index is -0.597. The molecule has 0 aromatic carbocycles. The number of carbonyl (C=O) groups excluding carboxylic acids is 1. The van der Waals surface area contributed by atoms with E-state index in [-0.39, 0.29) is 11.3 Å². The predicted octanol–water partition coefficient (Wildman–Crippen LogP) is 1.53. The van der Waals surface area contributed by atoms with Gasteiger partial charge in [-0.2, -0.15) is 0 Å². The second-order valence-corrected chi connectivity index (χ2v) is 4.25. The molecule has 0 aliphatic heterocycles. The Kier molecular flexibility index (Phi) is 6.54. The van der Waals surface area contributed by atoms with Crippen molar-refractivity contribution in [2.24, 2.45) is 0 Å². The molecule has 0 aliphatic rings. The van der Waals surface area contributed by atoms with Gasteiger partial charge in [-0.1, -0.05) is 0 Å². The number of amides is 1. The smallest absolute Gasteiger partial charge is 0.300 e. The SMILES string of the molecule is CCNc1cc(C(=O)N(CC)CCOC)c([N+](=O)[O-])cn1. The number of hydrogen-bond donors (Lipinski definition) is 1. The van der Waals surface area contributed by atoms with Crippen LogP contribution in [0.1, 0.15) is 24.2 Å². The van der Waals surface area contributed by atoms with E-state index in [1.54, 1.807) is 0 Å². The Labute approximate surface area is 123 Å². The van der Waals surface area contributed by atoms with Crippen LogP contribution in [0, 0.1) is 10.1 Å². The van der Waals surface area contributed by atoms with Crippen molar-refractivity contribution in [3.8, 4) is 0 Å². The van der Waals surface area contributed by atoms with Gasteiger partial charge in [0.15, 0.2) is 0 Å². The van der Waals surface area contributed by atoms with E-state index in [0.717, 1.165) is 6.20 Å². The molecule has 0 unspecified atom stereocenters. The lowest BCUT2D eigenvalue weighted by molar-refractivity contribution is -0.385.